The van der Waals surface area contributed by atoms with Gasteiger partial charge in [0, 0.05) is 18.0 Å². The Kier molecular flexibility index (Phi) is 3.82. The molecule has 2 aliphatic rings. The van der Waals surface area contributed by atoms with Crippen molar-refractivity contribution < 1.29 is 0 Å². The van der Waals surface area contributed by atoms with Crippen LogP contribution in [0.2, 0.25) is 0 Å². The van der Waals surface area contributed by atoms with E-state index in [0.717, 1.165) is 0 Å². The summed E-state index contributed by atoms with van der Waals surface area (Å²) in [6.45, 7) is 4.76. The molecular weight excluding hydrogens is 298 g/mol. The summed E-state index contributed by atoms with van der Waals surface area (Å²) in [5.74, 6) is 0. The first-order valence-corrected chi connectivity index (χ1v) is 9.25. The molecule has 1 saturated heterocycles. The highest BCUT2D eigenvalue weighted by Gasteiger charge is 2.41. The first-order chi connectivity index (χ1) is 11.2. The van der Waals surface area contributed by atoms with Gasteiger partial charge in [-0.15, -0.1) is 11.8 Å². The van der Waals surface area contributed by atoms with Crippen LogP contribution in [0.5, 0.6) is 0 Å². The van der Waals surface area contributed by atoms with Crippen LogP contribution < -0.4 is 0 Å². The van der Waals surface area contributed by atoms with E-state index in [-0.39, 0.29) is 4.75 Å². The van der Waals surface area contributed by atoms with Crippen molar-refractivity contribution in [2.24, 2.45) is 0 Å². The van der Waals surface area contributed by atoms with Crippen molar-refractivity contribution in [3.63, 3.8) is 0 Å². The van der Waals surface area contributed by atoms with Gasteiger partial charge in [-0.2, -0.15) is 0 Å². The van der Waals surface area contributed by atoms with E-state index in [2.05, 4.69) is 73.5 Å². The van der Waals surface area contributed by atoms with E-state index in [4.69, 9.17) is 0 Å². The summed E-state index contributed by atoms with van der Waals surface area (Å²) in [5, 5.41) is 0. The molecule has 1 atom stereocenters. The average Bonchev–Trinajstić information content (AvgIpc) is 2.90. The van der Waals surface area contributed by atoms with Gasteiger partial charge >= 0.3 is 0 Å². The molecule has 1 nitrogen and oxygen atoms in total. The Morgan fingerprint density at radius 3 is 2.30 bits per heavy atom. The van der Waals surface area contributed by atoms with Gasteiger partial charge in [0.2, 0.25) is 0 Å². The third-order valence-corrected chi connectivity index (χ3v) is 6.64. The molecule has 0 N–H and O–H groups in total. The number of benzene rings is 2. The summed E-state index contributed by atoms with van der Waals surface area (Å²) in [5.41, 5.74) is 6.12. The fourth-order valence-electron chi connectivity index (χ4n) is 3.92. The van der Waals surface area contributed by atoms with Crippen molar-refractivity contribution in [3.8, 4) is 0 Å². The maximum Gasteiger partial charge on any atom is 0.0681 e. The second kappa shape index (κ2) is 5.85. The lowest BCUT2D eigenvalue weighted by Crippen LogP contribution is -2.28. The molecule has 2 heterocycles. The summed E-state index contributed by atoms with van der Waals surface area (Å²) >= 11 is 2.02. The van der Waals surface area contributed by atoms with E-state index in [9.17, 15) is 0 Å². The molecule has 2 aromatic rings. The van der Waals surface area contributed by atoms with Crippen LogP contribution in [0.25, 0.3) is 5.57 Å². The van der Waals surface area contributed by atoms with Crippen LogP contribution in [0.4, 0.5) is 0 Å². The molecule has 0 radical (unpaired) electrons. The predicted molar refractivity (Wildman–Crippen MR) is 99.7 cm³/mol. The molecular formula is C21H23NS. The van der Waals surface area contributed by atoms with E-state index in [1.165, 1.54) is 42.0 Å². The predicted octanol–water partition coefficient (Wildman–Crippen LogP) is 5.19. The van der Waals surface area contributed by atoms with Crippen LogP contribution in [0.1, 0.15) is 30.9 Å². The summed E-state index contributed by atoms with van der Waals surface area (Å²) in [6, 6.07) is 20.0. The highest BCUT2D eigenvalue weighted by molar-refractivity contribution is 8.01. The lowest BCUT2D eigenvalue weighted by molar-refractivity contribution is 0.312. The lowest BCUT2D eigenvalue weighted by Gasteiger charge is -2.32. The van der Waals surface area contributed by atoms with Gasteiger partial charge in [0.25, 0.3) is 0 Å². The molecule has 2 aromatic carbocycles. The van der Waals surface area contributed by atoms with Crippen LogP contribution in [0.3, 0.4) is 0 Å². The Bertz CT molecular complexity index is 739. The van der Waals surface area contributed by atoms with Gasteiger partial charge < -0.3 is 4.90 Å². The molecule has 0 bridgehead atoms. The summed E-state index contributed by atoms with van der Waals surface area (Å²) in [4.78, 5) is 3.87. The van der Waals surface area contributed by atoms with Crippen molar-refractivity contribution in [2.75, 3.05) is 20.1 Å². The maximum absolute atomic E-state index is 2.44. The maximum atomic E-state index is 2.44. The molecule has 23 heavy (non-hydrogen) atoms. The first kappa shape index (κ1) is 15.0. The first-order valence-electron chi connectivity index (χ1n) is 8.43. The summed E-state index contributed by atoms with van der Waals surface area (Å²) in [6.07, 6.45) is 2.40. The standard InChI is InChI=1S/C21H23NS/c1-21(17-8-4-3-5-9-17)20(16-12-14-22(2)15-13-16)18-10-6-7-11-19(18)23-21/h3-11H,12-15H2,1-2H3/t21-/m1/s1. The molecule has 0 aromatic heterocycles. The Labute approximate surface area is 143 Å². The summed E-state index contributed by atoms with van der Waals surface area (Å²) in [7, 11) is 2.23. The van der Waals surface area contributed by atoms with Crippen LogP contribution in [0.15, 0.2) is 65.1 Å². The smallest absolute Gasteiger partial charge is 0.0681 e. The Morgan fingerprint density at radius 2 is 1.57 bits per heavy atom. The number of hydrogen-bond donors (Lipinski definition) is 0. The number of rotatable bonds is 1. The normalized spacial score (nSPS) is 24.8. The Hall–Kier alpha value is -1.51. The van der Waals surface area contributed by atoms with Gasteiger partial charge in [0.05, 0.1) is 4.75 Å². The molecule has 0 saturated carbocycles. The minimum absolute atomic E-state index is 0.0379. The molecule has 0 aliphatic carbocycles. The number of likely N-dealkylation sites (tertiary alicyclic amines) is 1. The number of nitrogens with zero attached hydrogens (tertiary/aromatic N) is 1. The SMILES string of the molecule is CN1CCC(=C2c3ccccc3S[C@]2(C)c2ccccc2)CC1. The van der Waals surface area contributed by atoms with E-state index in [1.54, 1.807) is 11.1 Å². The van der Waals surface area contributed by atoms with E-state index in [0.29, 0.717) is 0 Å². The largest absolute Gasteiger partial charge is 0.306 e. The van der Waals surface area contributed by atoms with Crippen molar-refractivity contribution in [3.05, 3.63) is 71.3 Å². The zero-order valence-corrected chi connectivity index (χ0v) is 14.7. The second-order valence-electron chi connectivity index (χ2n) is 6.78. The number of fused-ring (bicyclic) bond motifs is 1. The minimum Gasteiger partial charge on any atom is -0.306 e. The fourth-order valence-corrected chi connectivity index (χ4v) is 5.39. The van der Waals surface area contributed by atoms with Gasteiger partial charge in [-0.05, 0) is 49.6 Å². The Morgan fingerprint density at radius 1 is 0.913 bits per heavy atom. The third kappa shape index (κ3) is 2.54. The number of thioether (sulfide) groups is 1. The highest BCUT2D eigenvalue weighted by atomic mass is 32.2. The molecule has 0 amide bonds. The Balaban J connectivity index is 1.89. The van der Waals surface area contributed by atoms with Crippen LogP contribution in [-0.2, 0) is 4.75 Å². The molecule has 1 fully saturated rings. The average molecular weight is 321 g/mol. The van der Waals surface area contributed by atoms with Crippen LogP contribution in [-0.4, -0.2) is 25.0 Å². The van der Waals surface area contributed by atoms with Gasteiger partial charge in [-0.1, -0.05) is 54.1 Å². The van der Waals surface area contributed by atoms with E-state index >= 15 is 0 Å². The third-order valence-electron chi connectivity index (χ3n) is 5.22. The number of piperidine rings is 1. The molecule has 2 aliphatic heterocycles. The van der Waals surface area contributed by atoms with Crippen molar-refractivity contribution in [1.29, 1.82) is 0 Å². The van der Waals surface area contributed by atoms with Crippen LogP contribution in [0, 0.1) is 0 Å². The number of hydrogen-bond acceptors (Lipinski definition) is 2. The molecule has 0 unspecified atom stereocenters. The molecule has 118 valence electrons. The zero-order chi connectivity index (χ0) is 15.9. The fraction of sp³-hybridized carbons (Fsp3) is 0.333. The van der Waals surface area contributed by atoms with Gasteiger partial charge in [0.15, 0.2) is 0 Å². The van der Waals surface area contributed by atoms with Crippen molar-refractivity contribution in [1.82, 2.24) is 4.90 Å². The monoisotopic (exact) mass is 321 g/mol. The lowest BCUT2D eigenvalue weighted by atomic mass is 9.82. The minimum atomic E-state index is 0.0379. The van der Waals surface area contributed by atoms with E-state index < -0.39 is 0 Å². The second-order valence-corrected chi connectivity index (χ2v) is 8.24. The van der Waals surface area contributed by atoms with Crippen LogP contribution >= 0.6 is 11.8 Å². The molecule has 0 spiro atoms. The molecule has 2 heteroatoms. The van der Waals surface area contributed by atoms with Crippen molar-refractivity contribution in [2.45, 2.75) is 29.4 Å². The van der Waals surface area contributed by atoms with E-state index in [1.807, 2.05) is 11.8 Å². The topological polar surface area (TPSA) is 3.24 Å². The van der Waals surface area contributed by atoms with Gasteiger partial charge in [0.1, 0.15) is 0 Å². The van der Waals surface area contributed by atoms with Crippen molar-refractivity contribution >= 4 is 17.3 Å². The highest BCUT2D eigenvalue weighted by Crippen LogP contribution is 2.59. The zero-order valence-electron chi connectivity index (χ0n) is 13.9. The quantitative estimate of drug-likeness (QED) is 0.711. The molecule has 4 rings (SSSR count). The summed E-state index contributed by atoms with van der Waals surface area (Å²) < 4.78 is 0.0379. The van der Waals surface area contributed by atoms with Gasteiger partial charge in [-0.25, -0.2) is 0 Å². The van der Waals surface area contributed by atoms with Gasteiger partial charge in [-0.3, -0.25) is 0 Å².